The molecule has 0 fully saturated rings. The molecule has 2 rings (SSSR count). The largest absolute Gasteiger partial charge is 0.370 e. The van der Waals surface area contributed by atoms with Crippen LogP contribution < -0.4 is 11.5 Å². The molecule has 1 aromatic carbocycles. The maximum absolute atomic E-state index is 12.5. The van der Waals surface area contributed by atoms with Gasteiger partial charge in [-0.1, -0.05) is 30.8 Å². The monoisotopic (exact) mass is 349 g/mol. The highest BCUT2D eigenvalue weighted by Crippen LogP contribution is 2.26. The minimum absolute atomic E-state index is 0.0449. The Bertz CT molecular complexity index is 652. The molecule has 0 aromatic heterocycles. The summed E-state index contributed by atoms with van der Waals surface area (Å²) in [4.78, 5) is 41.3. The summed E-state index contributed by atoms with van der Waals surface area (Å²) < 4.78 is 0. The Hall–Kier alpha value is -2.55. The van der Waals surface area contributed by atoms with E-state index in [1.165, 1.54) is 5.01 Å². The molecule has 4 N–H and O–H groups in total. The van der Waals surface area contributed by atoms with Gasteiger partial charge in [0.05, 0.1) is 11.1 Å². The van der Waals surface area contributed by atoms with E-state index >= 15 is 0 Å². The van der Waals surface area contributed by atoms with Crippen molar-refractivity contribution < 1.29 is 14.4 Å². The number of imide groups is 1. The van der Waals surface area contributed by atoms with Gasteiger partial charge in [0.25, 0.3) is 11.8 Å². The van der Waals surface area contributed by atoms with Gasteiger partial charge in [0.15, 0.2) is 5.96 Å². The lowest BCUT2D eigenvalue weighted by Crippen LogP contribution is -2.49. The van der Waals surface area contributed by atoms with Gasteiger partial charge >= 0.3 is 5.24 Å². The SMILES string of the molecule is CCSC(=O)N(CCCN=C(N)N)N1C(=O)c2ccccc2C1=O. The molecule has 0 spiro atoms. The quantitative estimate of drug-likeness (QED) is 0.342. The molecular weight excluding hydrogens is 330 g/mol. The lowest BCUT2D eigenvalue weighted by molar-refractivity contribution is 0.0228. The third kappa shape index (κ3) is 3.67. The van der Waals surface area contributed by atoms with Crippen LogP contribution in [0.25, 0.3) is 0 Å². The summed E-state index contributed by atoms with van der Waals surface area (Å²) in [5.41, 5.74) is 11.1. The second-order valence-corrected chi connectivity index (χ2v) is 6.17. The first kappa shape index (κ1) is 17.8. The van der Waals surface area contributed by atoms with E-state index in [1.54, 1.807) is 24.3 Å². The first-order chi connectivity index (χ1) is 11.5. The van der Waals surface area contributed by atoms with Gasteiger partial charge in [-0.05, 0) is 24.3 Å². The van der Waals surface area contributed by atoms with Crippen molar-refractivity contribution in [2.24, 2.45) is 16.5 Å². The molecule has 1 aliphatic rings. The molecule has 8 nitrogen and oxygen atoms in total. The highest BCUT2D eigenvalue weighted by molar-refractivity contribution is 8.13. The second-order valence-electron chi connectivity index (χ2n) is 4.95. The van der Waals surface area contributed by atoms with E-state index in [9.17, 15) is 14.4 Å². The van der Waals surface area contributed by atoms with Gasteiger partial charge in [0.1, 0.15) is 0 Å². The topological polar surface area (TPSA) is 122 Å². The van der Waals surface area contributed by atoms with E-state index in [1.807, 2.05) is 6.92 Å². The van der Waals surface area contributed by atoms with Crippen molar-refractivity contribution in [3.63, 3.8) is 0 Å². The summed E-state index contributed by atoms with van der Waals surface area (Å²) >= 11 is 1.03. The summed E-state index contributed by atoms with van der Waals surface area (Å²) in [6.45, 7) is 2.28. The molecule has 0 atom stereocenters. The molecular formula is C15H19N5O3S. The van der Waals surface area contributed by atoms with Crippen LogP contribution >= 0.6 is 11.8 Å². The zero-order valence-corrected chi connectivity index (χ0v) is 14.1. The number of nitrogens with zero attached hydrogens (tertiary/aromatic N) is 3. The number of rotatable bonds is 6. The van der Waals surface area contributed by atoms with E-state index < -0.39 is 11.8 Å². The van der Waals surface area contributed by atoms with Gasteiger partial charge in [-0.2, -0.15) is 5.01 Å². The zero-order valence-electron chi connectivity index (χ0n) is 13.3. The molecule has 0 saturated carbocycles. The highest BCUT2D eigenvalue weighted by atomic mass is 32.2. The van der Waals surface area contributed by atoms with Crippen LogP contribution in [0, 0.1) is 0 Å². The normalized spacial score (nSPS) is 13.0. The van der Waals surface area contributed by atoms with Gasteiger partial charge in [0.2, 0.25) is 0 Å². The fourth-order valence-corrected chi connectivity index (χ4v) is 2.86. The van der Waals surface area contributed by atoms with Gasteiger partial charge in [-0.15, -0.1) is 0 Å². The zero-order chi connectivity index (χ0) is 17.7. The number of benzene rings is 1. The van der Waals surface area contributed by atoms with Crippen LogP contribution in [0.4, 0.5) is 4.79 Å². The number of hydrogen-bond acceptors (Lipinski definition) is 5. The minimum Gasteiger partial charge on any atom is -0.370 e. The van der Waals surface area contributed by atoms with Crippen LogP contribution in [0.5, 0.6) is 0 Å². The molecule has 9 heteroatoms. The van der Waals surface area contributed by atoms with Crippen molar-refractivity contribution >= 4 is 34.8 Å². The Balaban J connectivity index is 2.21. The Morgan fingerprint density at radius 3 is 2.29 bits per heavy atom. The molecule has 0 unspecified atom stereocenters. The first-order valence-electron chi connectivity index (χ1n) is 7.44. The molecule has 24 heavy (non-hydrogen) atoms. The number of guanidine groups is 1. The molecule has 128 valence electrons. The summed E-state index contributed by atoms with van der Waals surface area (Å²) in [7, 11) is 0. The average molecular weight is 349 g/mol. The van der Waals surface area contributed by atoms with E-state index in [4.69, 9.17) is 11.5 Å². The third-order valence-electron chi connectivity index (χ3n) is 3.32. The number of aliphatic imine (C=N–C) groups is 1. The Morgan fingerprint density at radius 1 is 1.21 bits per heavy atom. The predicted molar refractivity (Wildman–Crippen MR) is 92.5 cm³/mol. The molecule has 0 bridgehead atoms. The van der Waals surface area contributed by atoms with Crippen LogP contribution in [0.1, 0.15) is 34.1 Å². The van der Waals surface area contributed by atoms with Gasteiger partial charge in [-0.25, -0.2) is 5.01 Å². The molecule has 0 aliphatic carbocycles. The number of carbonyl (C=O) groups excluding carboxylic acids is 3. The van der Waals surface area contributed by atoms with Crippen LogP contribution in [0.3, 0.4) is 0 Å². The minimum atomic E-state index is -0.498. The van der Waals surface area contributed by atoms with Crippen molar-refractivity contribution in [3.05, 3.63) is 35.4 Å². The molecule has 0 radical (unpaired) electrons. The standard InChI is InChI=1S/C15H19N5O3S/c1-2-24-15(23)19(9-5-8-18-14(16)17)20-12(21)10-6-3-4-7-11(10)13(20)22/h3-4,6-7H,2,5,8-9H2,1H3,(H4,16,17,18). The molecule has 1 heterocycles. The van der Waals surface area contributed by atoms with Crippen molar-refractivity contribution in [2.75, 3.05) is 18.8 Å². The Labute approximate surface area is 143 Å². The number of hydrazine groups is 1. The van der Waals surface area contributed by atoms with E-state index in [0.29, 0.717) is 29.8 Å². The lowest BCUT2D eigenvalue weighted by atomic mass is 10.1. The molecule has 1 aliphatic heterocycles. The van der Waals surface area contributed by atoms with Crippen LogP contribution in [0.15, 0.2) is 29.3 Å². The lowest BCUT2D eigenvalue weighted by Gasteiger charge is -2.29. The van der Waals surface area contributed by atoms with Crippen molar-refractivity contribution in [1.29, 1.82) is 0 Å². The molecule has 3 amide bonds. The predicted octanol–water partition coefficient (Wildman–Crippen LogP) is 1.04. The van der Waals surface area contributed by atoms with E-state index in [-0.39, 0.29) is 17.7 Å². The number of amides is 3. The fraction of sp³-hybridized carbons (Fsp3) is 0.333. The first-order valence-corrected chi connectivity index (χ1v) is 8.43. The average Bonchev–Trinajstić information content (AvgIpc) is 2.80. The van der Waals surface area contributed by atoms with Crippen molar-refractivity contribution in [3.8, 4) is 0 Å². The summed E-state index contributed by atoms with van der Waals surface area (Å²) in [5, 5.41) is 1.71. The summed E-state index contributed by atoms with van der Waals surface area (Å²) in [5.74, 6) is -0.506. The highest BCUT2D eigenvalue weighted by Gasteiger charge is 2.40. The van der Waals surface area contributed by atoms with Gasteiger partial charge in [0, 0.05) is 13.1 Å². The summed E-state index contributed by atoms with van der Waals surface area (Å²) in [6.07, 6.45) is 0.418. The fourth-order valence-electron chi connectivity index (χ4n) is 2.30. The van der Waals surface area contributed by atoms with Crippen molar-refractivity contribution in [1.82, 2.24) is 10.0 Å². The number of nitrogens with two attached hydrogens (primary N) is 2. The van der Waals surface area contributed by atoms with Gasteiger partial charge < -0.3 is 11.5 Å². The number of carbonyl (C=O) groups is 3. The number of fused-ring (bicyclic) bond motifs is 1. The Morgan fingerprint density at radius 2 is 1.79 bits per heavy atom. The number of hydrogen-bond donors (Lipinski definition) is 2. The third-order valence-corrected chi connectivity index (χ3v) is 4.06. The van der Waals surface area contributed by atoms with Crippen LogP contribution in [-0.2, 0) is 0 Å². The van der Waals surface area contributed by atoms with Crippen LogP contribution in [0.2, 0.25) is 0 Å². The second kappa shape index (κ2) is 7.82. The Kier molecular flexibility index (Phi) is 5.80. The van der Waals surface area contributed by atoms with Gasteiger partial charge in [-0.3, -0.25) is 19.4 Å². The van der Waals surface area contributed by atoms with E-state index in [0.717, 1.165) is 16.8 Å². The van der Waals surface area contributed by atoms with Crippen molar-refractivity contribution in [2.45, 2.75) is 13.3 Å². The van der Waals surface area contributed by atoms with Crippen LogP contribution in [-0.4, -0.2) is 51.9 Å². The van der Waals surface area contributed by atoms with E-state index in [2.05, 4.69) is 4.99 Å². The number of thioether (sulfide) groups is 1. The summed E-state index contributed by atoms with van der Waals surface area (Å²) in [6, 6.07) is 6.51. The smallest absolute Gasteiger partial charge is 0.300 e. The maximum Gasteiger partial charge on any atom is 0.300 e. The molecule has 1 aromatic rings. The maximum atomic E-state index is 12.5. The molecule has 0 saturated heterocycles.